The van der Waals surface area contributed by atoms with E-state index in [0.717, 1.165) is 0 Å². The summed E-state index contributed by atoms with van der Waals surface area (Å²) in [6.45, 7) is 1.72. The van der Waals surface area contributed by atoms with Crippen molar-refractivity contribution in [3.8, 4) is 5.75 Å². The molecule has 1 aromatic carbocycles. The lowest BCUT2D eigenvalue weighted by Crippen LogP contribution is -2.29. The van der Waals surface area contributed by atoms with Crippen LogP contribution in [-0.2, 0) is 9.53 Å². The molecule has 0 bridgehead atoms. The van der Waals surface area contributed by atoms with Gasteiger partial charge in [-0.25, -0.2) is 4.79 Å². The lowest BCUT2D eigenvalue weighted by Gasteiger charge is -2.17. The third-order valence-electron chi connectivity index (χ3n) is 1.85. The standard InChI is InChI=1S/C11H10Cl4O3/c1-7(18-10(16)11(13,14)15)6-17-9-5-3-2-4-8(9)12/h2-5,7H,6H2,1H3/t7-/m1/s1. The molecule has 0 saturated heterocycles. The molecule has 0 N–H and O–H groups in total. The van der Waals surface area contributed by atoms with Crippen LogP contribution in [0, 0.1) is 0 Å². The van der Waals surface area contributed by atoms with Gasteiger partial charge in [-0.2, -0.15) is 0 Å². The second-order valence-corrected chi connectivity index (χ2v) is 6.14. The Morgan fingerprint density at radius 3 is 2.50 bits per heavy atom. The molecule has 0 aromatic heterocycles. The zero-order chi connectivity index (χ0) is 13.8. The lowest BCUT2D eigenvalue weighted by molar-refractivity contribution is -0.148. The summed E-state index contributed by atoms with van der Waals surface area (Å²) < 4.78 is 8.16. The van der Waals surface area contributed by atoms with Crippen LogP contribution in [0.5, 0.6) is 5.75 Å². The molecular weight excluding hydrogens is 322 g/mol. The molecule has 0 aliphatic carbocycles. The Bertz CT molecular complexity index is 417. The van der Waals surface area contributed by atoms with Gasteiger partial charge in [-0.05, 0) is 19.1 Å². The number of halogens is 4. The number of esters is 1. The predicted molar refractivity (Wildman–Crippen MR) is 72.8 cm³/mol. The predicted octanol–water partition coefficient (Wildman–Crippen LogP) is 4.02. The van der Waals surface area contributed by atoms with E-state index in [1.807, 2.05) is 0 Å². The number of benzene rings is 1. The van der Waals surface area contributed by atoms with Crippen LogP contribution in [0.25, 0.3) is 0 Å². The number of carbonyl (C=O) groups is 1. The van der Waals surface area contributed by atoms with E-state index < -0.39 is 15.9 Å². The first-order chi connectivity index (χ1) is 8.30. The molecule has 0 radical (unpaired) electrons. The Hall–Kier alpha value is -0.350. The number of hydrogen-bond donors (Lipinski definition) is 0. The van der Waals surface area contributed by atoms with Gasteiger partial charge < -0.3 is 9.47 Å². The first-order valence-corrected chi connectivity index (χ1v) is 6.47. The van der Waals surface area contributed by atoms with Gasteiger partial charge in [0.25, 0.3) is 3.79 Å². The Morgan fingerprint density at radius 2 is 1.94 bits per heavy atom. The van der Waals surface area contributed by atoms with Crippen molar-refractivity contribution < 1.29 is 14.3 Å². The van der Waals surface area contributed by atoms with Gasteiger partial charge in [0, 0.05) is 0 Å². The van der Waals surface area contributed by atoms with E-state index >= 15 is 0 Å². The van der Waals surface area contributed by atoms with Crippen molar-refractivity contribution in [3.63, 3.8) is 0 Å². The van der Waals surface area contributed by atoms with Crippen LogP contribution in [0.3, 0.4) is 0 Å². The van der Waals surface area contributed by atoms with Crippen molar-refractivity contribution in [2.24, 2.45) is 0 Å². The van der Waals surface area contributed by atoms with Crippen molar-refractivity contribution in [2.45, 2.75) is 16.8 Å². The average Bonchev–Trinajstić information content (AvgIpc) is 2.26. The molecule has 0 amide bonds. The van der Waals surface area contributed by atoms with Crippen LogP contribution in [0.1, 0.15) is 6.92 Å². The van der Waals surface area contributed by atoms with E-state index in [1.54, 1.807) is 31.2 Å². The van der Waals surface area contributed by atoms with Crippen molar-refractivity contribution >= 4 is 52.4 Å². The van der Waals surface area contributed by atoms with Crippen LogP contribution in [0.2, 0.25) is 5.02 Å². The van der Waals surface area contributed by atoms with Crippen LogP contribution < -0.4 is 4.74 Å². The van der Waals surface area contributed by atoms with Gasteiger partial charge >= 0.3 is 5.97 Å². The summed E-state index contributed by atoms with van der Waals surface area (Å²) in [5.41, 5.74) is 0. The van der Waals surface area contributed by atoms with Gasteiger partial charge in [-0.1, -0.05) is 58.5 Å². The SMILES string of the molecule is C[C@H](COc1ccccc1Cl)OC(=O)C(Cl)(Cl)Cl. The average molecular weight is 332 g/mol. The molecule has 3 nitrogen and oxygen atoms in total. The Labute approximate surface area is 125 Å². The van der Waals surface area contributed by atoms with E-state index in [9.17, 15) is 4.79 Å². The molecular formula is C11H10Cl4O3. The number of ether oxygens (including phenoxy) is 2. The quantitative estimate of drug-likeness (QED) is 0.617. The topological polar surface area (TPSA) is 35.5 Å². The molecule has 1 atom stereocenters. The maximum absolute atomic E-state index is 11.3. The summed E-state index contributed by atoms with van der Waals surface area (Å²) in [4.78, 5) is 11.3. The molecule has 0 aliphatic heterocycles. The van der Waals surface area contributed by atoms with Crippen LogP contribution >= 0.6 is 46.4 Å². The van der Waals surface area contributed by atoms with Gasteiger partial charge in [0.2, 0.25) is 0 Å². The number of para-hydroxylation sites is 1. The zero-order valence-electron chi connectivity index (χ0n) is 9.33. The second-order valence-electron chi connectivity index (χ2n) is 3.46. The van der Waals surface area contributed by atoms with Gasteiger partial charge in [0.1, 0.15) is 18.5 Å². The molecule has 18 heavy (non-hydrogen) atoms. The van der Waals surface area contributed by atoms with Crippen LogP contribution in [0.15, 0.2) is 24.3 Å². The highest BCUT2D eigenvalue weighted by atomic mass is 35.6. The normalized spacial score (nSPS) is 12.9. The highest BCUT2D eigenvalue weighted by Gasteiger charge is 2.33. The van der Waals surface area contributed by atoms with Crippen LogP contribution in [-0.4, -0.2) is 22.5 Å². The highest BCUT2D eigenvalue weighted by molar-refractivity contribution is 6.75. The summed E-state index contributed by atoms with van der Waals surface area (Å²) in [6, 6.07) is 6.95. The number of rotatable bonds is 4. The molecule has 7 heteroatoms. The molecule has 0 saturated carbocycles. The van der Waals surface area contributed by atoms with Crippen molar-refractivity contribution in [1.29, 1.82) is 0 Å². The van der Waals surface area contributed by atoms with E-state index in [1.165, 1.54) is 0 Å². The maximum Gasteiger partial charge on any atom is 0.358 e. The first kappa shape index (κ1) is 15.7. The van der Waals surface area contributed by atoms with Gasteiger partial charge in [-0.3, -0.25) is 0 Å². The maximum atomic E-state index is 11.3. The molecule has 100 valence electrons. The van der Waals surface area contributed by atoms with E-state index in [4.69, 9.17) is 55.9 Å². The molecule has 0 aliphatic rings. The summed E-state index contributed by atoms with van der Waals surface area (Å²) in [5, 5.41) is 0.470. The number of carbonyl (C=O) groups excluding carboxylic acids is 1. The highest BCUT2D eigenvalue weighted by Crippen LogP contribution is 2.28. The molecule has 1 aromatic rings. The number of hydrogen-bond acceptors (Lipinski definition) is 3. The molecule has 0 spiro atoms. The van der Waals surface area contributed by atoms with Gasteiger partial charge in [0.15, 0.2) is 0 Å². The lowest BCUT2D eigenvalue weighted by atomic mass is 10.3. The van der Waals surface area contributed by atoms with E-state index in [2.05, 4.69) is 0 Å². The van der Waals surface area contributed by atoms with Gasteiger partial charge in [-0.15, -0.1) is 0 Å². The molecule has 1 rings (SSSR count). The Kier molecular flexibility index (Phi) is 5.86. The van der Waals surface area contributed by atoms with Crippen molar-refractivity contribution in [3.05, 3.63) is 29.3 Å². The zero-order valence-corrected chi connectivity index (χ0v) is 12.4. The Morgan fingerprint density at radius 1 is 1.33 bits per heavy atom. The fourth-order valence-electron chi connectivity index (χ4n) is 1.05. The molecule has 0 unspecified atom stereocenters. The fourth-order valence-corrected chi connectivity index (χ4v) is 1.38. The minimum Gasteiger partial charge on any atom is -0.488 e. The van der Waals surface area contributed by atoms with Crippen molar-refractivity contribution in [2.75, 3.05) is 6.61 Å². The Balaban J connectivity index is 2.45. The first-order valence-electron chi connectivity index (χ1n) is 4.96. The van der Waals surface area contributed by atoms with E-state index in [-0.39, 0.29) is 6.61 Å². The molecule has 0 heterocycles. The monoisotopic (exact) mass is 330 g/mol. The van der Waals surface area contributed by atoms with Gasteiger partial charge in [0.05, 0.1) is 5.02 Å². The fraction of sp³-hybridized carbons (Fsp3) is 0.364. The largest absolute Gasteiger partial charge is 0.488 e. The minimum absolute atomic E-state index is 0.107. The summed E-state index contributed by atoms with van der Waals surface area (Å²) in [7, 11) is 0. The third kappa shape index (κ3) is 5.11. The second kappa shape index (κ2) is 6.71. The third-order valence-corrected chi connectivity index (χ3v) is 2.63. The summed E-state index contributed by atoms with van der Waals surface area (Å²) >= 11 is 22.0. The van der Waals surface area contributed by atoms with Crippen molar-refractivity contribution in [1.82, 2.24) is 0 Å². The van der Waals surface area contributed by atoms with E-state index in [0.29, 0.717) is 10.8 Å². The number of alkyl halides is 3. The summed E-state index contributed by atoms with van der Waals surface area (Å²) in [5.74, 6) is -0.446. The molecule has 0 fully saturated rings. The van der Waals surface area contributed by atoms with Crippen LogP contribution in [0.4, 0.5) is 0 Å². The summed E-state index contributed by atoms with van der Waals surface area (Å²) in [6.07, 6.45) is -0.565. The smallest absolute Gasteiger partial charge is 0.358 e. The minimum atomic E-state index is -2.08.